The summed E-state index contributed by atoms with van der Waals surface area (Å²) in [5.41, 5.74) is 2.04. The van der Waals surface area contributed by atoms with Crippen molar-refractivity contribution in [1.29, 1.82) is 0 Å². The van der Waals surface area contributed by atoms with Gasteiger partial charge in [0, 0.05) is 30.9 Å². The molecule has 0 radical (unpaired) electrons. The number of nitrogens with one attached hydrogen (secondary N) is 2. The lowest BCUT2D eigenvalue weighted by Gasteiger charge is -2.10. The number of aromatic nitrogens is 1. The minimum absolute atomic E-state index is 0.116. The predicted molar refractivity (Wildman–Crippen MR) is 66.5 cm³/mol. The molecule has 2 heterocycles. The first-order chi connectivity index (χ1) is 8.24. The largest absolute Gasteiger partial charge is 0.352 e. The second kappa shape index (κ2) is 5.77. The van der Waals surface area contributed by atoms with Crippen LogP contribution in [0.5, 0.6) is 0 Å². The molecule has 2 N–H and O–H groups in total. The first-order valence-corrected chi connectivity index (χ1v) is 6.15. The molecule has 1 aromatic rings. The van der Waals surface area contributed by atoms with Gasteiger partial charge in [0.2, 0.25) is 5.91 Å². The van der Waals surface area contributed by atoms with Gasteiger partial charge in [-0.25, -0.2) is 0 Å². The van der Waals surface area contributed by atoms with Gasteiger partial charge in [0.05, 0.1) is 0 Å². The van der Waals surface area contributed by atoms with Crippen LogP contribution in [0.1, 0.15) is 30.5 Å². The van der Waals surface area contributed by atoms with Gasteiger partial charge < -0.3 is 10.6 Å². The summed E-state index contributed by atoms with van der Waals surface area (Å²) in [7, 11) is 0. The Labute approximate surface area is 102 Å². The molecule has 1 amide bonds. The third-order valence-electron chi connectivity index (χ3n) is 3.06. The SMILES string of the molecule is Cc1ccc(CNC(=O)CC2CCCN2)cn1. The van der Waals surface area contributed by atoms with E-state index >= 15 is 0 Å². The van der Waals surface area contributed by atoms with Crippen molar-refractivity contribution in [3.63, 3.8) is 0 Å². The predicted octanol–water partition coefficient (Wildman–Crippen LogP) is 1.15. The van der Waals surface area contributed by atoms with Crippen molar-refractivity contribution < 1.29 is 4.79 Å². The van der Waals surface area contributed by atoms with Crippen LogP contribution in [0.25, 0.3) is 0 Å². The van der Waals surface area contributed by atoms with Crippen LogP contribution >= 0.6 is 0 Å². The number of nitrogens with zero attached hydrogens (tertiary/aromatic N) is 1. The summed E-state index contributed by atoms with van der Waals surface area (Å²) < 4.78 is 0. The van der Waals surface area contributed by atoms with Crippen LogP contribution in [0.4, 0.5) is 0 Å². The van der Waals surface area contributed by atoms with Gasteiger partial charge in [-0.3, -0.25) is 9.78 Å². The molecule has 0 saturated carbocycles. The topological polar surface area (TPSA) is 54.0 Å². The number of aryl methyl sites for hydroxylation is 1. The first-order valence-electron chi connectivity index (χ1n) is 6.15. The summed E-state index contributed by atoms with van der Waals surface area (Å²) in [6.45, 7) is 3.56. The van der Waals surface area contributed by atoms with Crippen LogP contribution in [-0.2, 0) is 11.3 Å². The number of amides is 1. The highest BCUT2D eigenvalue weighted by Gasteiger charge is 2.17. The molecular formula is C13H19N3O. The van der Waals surface area contributed by atoms with E-state index in [2.05, 4.69) is 15.6 Å². The van der Waals surface area contributed by atoms with Gasteiger partial charge in [0.15, 0.2) is 0 Å². The van der Waals surface area contributed by atoms with Crippen LogP contribution in [0.3, 0.4) is 0 Å². The van der Waals surface area contributed by atoms with Crippen molar-refractivity contribution >= 4 is 5.91 Å². The maximum Gasteiger partial charge on any atom is 0.221 e. The fourth-order valence-corrected chi connectivity index (χ4v) is 2.03. The number of rotatable bonds is 4. The Morgan fingerprint density at radius 3 is 3.12 bits per heavy atom. The van der Waals surface area contributed by atoms with E-state index in [1.165, 1.54) is 6.42 Å². The molecular weight excluding hydrogens is 214 g/mol. The molecule has 1 unspecified atom stereocenters. The fourth-order valence-electron chi connectivity index (χ4n) is 2.03. The van der Waals surface area contributed by atoms with E-state index in [0.29, 0.717) is 19.0 Å². The highest BCUT2D eigenvalue weighted by molar-refractivity contribution is 5.76. The highest BCUT2D eigenvalue weighted by Crippen LogP contribution is 2.08. The zero-order valence-electron chi connectivity index (χ0n) is 10.2. The molecule has 1 fully saturated rings. The summed E-state index contributed by atoms with van der Waals surface area (Å²) in [6, 6.07) is 4.32. The second-order valence-corrected chi connectivity index (χ2v) is 4.58. The Morgan fingerprint density at radius 1 is 1.59 bits per heavy atom. The Morgan fingerprint density at radius 2 is 2.47 bits per heavy atom. The molecule has 4 heteroatoms. The summed E-state index contributed by atoms with van der Waals surface area (Å²) in [4.78, 5) is 15.9. The quantitative estimate of drug-likeness (QED) is 0.820. The van der Waals surface area contributed by atoms with Crippen molar-refractivity contribution in [3.8, 4) is 0 Å². The fraction of sp³-hybridized carbons (Fsp3) is 0.538. The van der Waals surface area contributed by atoms with E-state index in [1.807, 2.05) is 25.3 Å². The Bertz CT molecular complexity index is 369. The van der Waals surface area contributed by atoms with Gasteiger partial charge in [0.25, 0.3) is 0 Å². The average Bonchev–Trinajstić information content (AvgIpc) is 2.81. The third kappa shape index (κ3) is 3.82. The van der Waals surface area contributed by atoms with Crippen LogP contribution in [-0.4, -0.2) is 23.5 Å². The highest BCUT2D eigenvalue weighted by atomic mass is 16.1. The summed E-state index contributed by atoms with van der Waals surface area (Å²) >= 11 is 0. The van der Waals surface area contributed by atoms with Crippen molar-refractivity contribution in [2.75, 3.05) is 6.54 Å². The Kier molecular flexibility index (Phi) is 4.09. The van der Waals surface area contributed by atoms with Gasteiger partial charge in [0.1, 0.15) is 0 Å². The number of pyridine rings is 1. The molecule has 2 rings (SSSR count). The van der Waals surface area contributed by atoms with Crippen LogP contribution in [0, 0.1) is 6.92 Å². The van der Waals surface area contributed by atoms with Crippen molar-refractivity contribution in [2.24, 2.45) is 0 Å². The zero-order chi connectivity index (χ0) is 12.1. The first kappa shape index (κ1) is 12.0. The molecule has 1 aliphatic rings. The van der Waals surface area contributed by atoms with Gasteiger partial charge in [-0.2, -0.15) is 0 Å². The Balaban J connectivity index is 1.73. The van der Waals surface area contributed by atoms with Crippen LogP contribution in [0.2, 0.25) is 0 Å². The monoisotopic (exact) mass is 233 g/mol. The molecule has 0 aliphatic carbocycles. The van der Waals surface area contributed by atoms with Crippen LogP contribution < -0.4 is 10.6 Å². The van der Waals surface area contributed by atoms with E-state index in [1.54, 1.807) is 0 Å². The van der Waals surface area contributed by atoms with Crippen molar-refractivity contribution in [3.05, 3.63) is 29.6 Å². The van der Waals surface area contributed by atoms with Gasteiger partial charge in [-0.1, -0.05) is 6.07 Å². The summed E-state index contributed by atoms with van der Waals surface area (Å²) in [6.07, 6.45) is 4.68. The number of carbonyl (C=O) groups excluding carboxylic acids is 1. The van der Waals surface area contributed by atoms with E-state index in [0.717, 1.165) is 24.2 Å². The second-order valence-electron chi connectivity index (χ2n) is 4.58. The lowest BCUT2D eigenvalue weighted by molar-refractivity contribution is -0.121. The molecule has 17 heavy (non-hydrogen) atoms. The summed E-state index contributed by atoms with van der Waals surface area (Å²) in [5, 5.41) is 6.25. The van der Waals surface area contributed by atoms with E-state index in [4.69, 9.17) is 0 Å². The maximum absolute atomic E-state index is 11.7. The van der Waals surface area contributed by atoms with E-state index < -0.39 is 0 Å². The molecule has 0 bridgehead atoms. The lowest BCUT2D eigenvalue weighted by Crippen LogP contribution is -2.31. The van der Waals surface area contributed by atoms with Crippen molar-refractivity contribution in [1.82, 2.24) is 15.6 Å². The molecule has 0 spiro atoms. The third-order valence-corrected chi connectivity index (χ3v) is 3.06. The Hall–Kier alpha value is -1.42. The molecule has 92 valence electrons. The molecule has 1 atom stereocenters. The molecule has 0 aromatic carbocycles. The van der Waals surface area contributed by atoms with E-state index in [9.17, 15) is 4.79 Å². The maximum atomic E-state index is 11.7. The van der Waals surface area contributed by atoms with Crippen LogP contribution in [0.15, 0.2) is 18.3 Å². The standard InChI is InChI=1S/C13H19N3O/c1-10-4-5-11(8-15-10)9-16-13(17)7-12-3-2-6-14-12/h4-5,8,12,14H,2-3,6-7,9H2,1H3,(H,16,17). The van der Waals surface area contributed by atoms with Gasteiger partial charge in [-0.15, -0.1) is 0 Å². The minimum atomic E-state index is 0.116. The number of hydrogen-bond donors (Lipinski definition) is 2. The van der Waals surface area contributed by atoms with Gasteiger partial charge in [-0.05, 0) is 37.9 Å². The molecule has 1 aromatic heterocycles. The van der Waals surface area contributed by atoms with Crippen molar-refractivity contribution in [2.45, 2.75) is 38.8 Å². The van der Waals surface area contributed by atoms with Gasteiger partial charge >= 0.3 is 0 Å². The summed E-state index contributed by atoms with van der Waals surface area (Å²) in [5.74, 6) is 0.116. The lowest BCUT2D eigenvalue weighted by atomic mass is 10.1. The molecule has 1 saturated heterocycles. The smallest absolute Gasteiger partial charge is 0.221 e. The van der Waals surface area contributed by atoms with E-state index in [-0.39, 0.29) is 5.91 Å². The minimum Gasteiger partial charge on any atom is -0.352 e. The zero-order valence-corrected chi connectivity index (χ0v) is 10.2. The number of hydrogen-bond acceptors (Lipinski definition) is 3. The molecule has 4 nitrogen and oxygen atoms in total. The molecule has 1 aliphatic heterocycles. The normalized spacial score (nSPS) is 19.2. The average molecular weight is 233 g/mol. The number of carbonyl (C=O) groups is 1.